The summed E-state index contributed by atoms with van der Waals surface area (Å²) in [6, 6.07) is 0. The van der Waals surface area contributed by atoms with Gasteiger partial charge < -0.3 is 10.4 Å². The van der Waals surface area contributed by atoms with E-state index in [-0.39, 0.29) is 24.7 Å². The van der Waals surface area contributed by atoms with Gasteiger partial charge in [-0.2, -0.15) is 5.10 Å². The van der Waals surface area contributed by atoms with Crippen molar-refractivity contribution in [3.8, 4) is 0 Å². The number of nitrogens with zero attached hydrogens (tertiary/aromatic N) is 3. The van der Waals surface area contributed by atoms with Crippen molar-refractivity contribution in [1.29, 1.82) is 0 Å². The number of hydrogen-bond acceptors (Lipinski definition) is 4. The quantitative estimate of drug-likeness (QED) is 0.790. The number of hydrogen-bond donors (Lipinski definition) is 2. The minimum Gasteiger partial charge on any atom is -0.394 e. The normalized spacial score (nSPS) is 15.6. The summed E-state index contributed by atoms with van der Waals surface area (Å²) in [5.74, 6) is 0.445. The Hall–Kier alpha value is -1.63. The molecule has 2 rings (SSSR count). The lowest BCUT2D eigenvalue weighted by molar-refractivity contribution is -0.124. The van der Waals surface area contributed by atoms with Gasteiger partial charge in [0.15, 0.2) is 0 Å². The van der Waals surface area contributed by atoms with Crippen molar-refractivity contribution in [2.45, 2.75) is 58.2 Å². The van der Waals surface area contributed by atoms with E-state index >= 15 is 0 Å². The Kier molecular flexibility index (Phi) is 4.27. The number of rotatable bonds is 4. The predicted molar refractivity (Wildman–Crippen MR) is 73.3 cm³/mol. The molecular formula is C13H22N4O3. The van der Waals surface area contributed by atoms with E-state index in [1.165, 1.54) is 4.68 Å². The van der Waals surface area contributed by atoms with Gasteiger partial charge in [-0.3, -0.25) is 9.36 Å². The average Bonchev–Trinajstić information content (AvgIpc) is 2.56. The van der Waals surface area contributed by atoms with E-state index in [1.807, 2.05) is 0 Å². The fraction of sp³-hybridized carbons (Fsp3) is 0.769. The lowest BCUT2D eigenvalue weighted by Crippen LogP contribution is -2.48. The molecule has 112 valence electrons. The fourth-order valence-corrected chi connectivity index (χ4v) is 2.32. The van der Waals surface area contributed by atoms with Gasteiger partial charge in [-0.25, -0.2) is 9.48 Å². The molecule has 1 amide bonds. The molecule has 0 aromatic carbocycles. The average molecular weight is 282 g/mol. The van der Waals surface area contributed by atoms with Crippen LogP contribution < -0.4 is 11.0 Å². The summed E-state index contributed by atoms with van der Waals surface area (Å²) in [5, 5.41) is 16.1. The first kappa shape index (κ1) is 14.8. The van der Waals surface area contributed by atoms with Crippen molar-refractivity contribution in [2.24, 2.45) is 0 Å². The van der Waals surface area contributed by atoms with Crippen molar-refractivity contribution < 1.29 is 9.90 Å². The molecule has 7 heteroatoms. The van der Waals surface area contributed by atoms with Crippen LogP contribution in [0.1, 0.15) is 38.9 Å². The van der Waals surface area contributed by atoms with Gasteiger partial charge in [-0.05, 0) is 26.7 Å². The Morgan fingerprint density at radius 2 is 2.15 bits per heavy atom. The molecule has 0 atom stereocenters. The first-order valence-electron chi connectivity index (χ1n) is 7.01. The first-order valence-corrected chi connectivity index (χ1v) is 7.01. The van der Waals surface area contributed by atoms with Crippen LogP contribution in [-0.2, 0) is 24.3 Å². The largest absolute Gasteiger partial charge is 0.394 e. The number of carbonyl (C=O) groups is 1. The lowest BCUT2D eigenvalue weighted by Gasteiger charge is -2.23. The first-order chi connectivity index (χ1) is 9.43. The van der Waals surface area contributed by atoms with Gasteiger partial charge in [0.05, 0.1) is 12.1 Å². The number of aliphatic hydroxyl groups is 1. The molecule has 0 aliphatic carbocycles. The molecular weight excluding hydrogens is 260 g/mol. The number of carbonyl (C=O) groups excluding carboxylic acids is 1. The third-order valence-electron chi connectivity index (χ3n) is 3.45. The molecule has 1 aromatic heterocycles. The molecule has 7 nitrogen and oxygen atoms in total. The molecule has 0 saturated carbocycles. The van der Waals surface area contributed by atoms with Gasteiger partial charge in [0.2, 0.25) is 5.91 Å². The van der Waals surface area contributed by atoms with Gasteiger partial charge >= 0.3 is 5.69 Å². The van der Waals surface area contributed by atoms with Crippen LogP contribution in [0.5, 0.6) is 0 Å². The van der Waals surface area contributed by atoms with Crippen LogP contribution in [-0.4, -0.2) is 37.5 Å². The smallest absolute Gasteiger partial charge is 0.346 e. The highest BCUT2D eigenvalue weighted by Crippen LogP contribution is 2.10. The fourth-order valence-electron chi connectivity index (χ4n) is 2.32. The van der Waals surface area contributed by atoms with Crippen LogP contribution in [0.2, 0.25) is 0 Å². The van der Waals surface area contributed by atoms with Crippen molar-refractivity contribution in [3.63, 3.8) is 0 Å². The van der Waals surface area contributed by atoms with Crippen LogP contribution in [0.15, 0.2) is 4.79 Å². The summed E-state index contributed by atoms with van der Waals surface area (Å²) in [6.45, 7) is 3.85. The summed E-state index contributed by atoms with van der Waals surface area (Å²) in [5.41, 5.74) is -0.920. The van der Waals surface area contributed by atoms with E-state index in [0.717, 1.165) is 31.5 Å². The van der Waals surface area contributed by atoms with Crippen LogP contribution in [0.25, 0.3) is 0 Å². The SMILES string of the molecule is CC(C)(CO)NC(=O)Cn1nc2n(c1=O)CCCCC2. The highest BCUT2D eigenvalue weighted by atomic mass is 16.3. The maximum absolute atomic E-state index is 12.2. The molecule has 0 radical (unpaired) electrons. The van der Waals surface area contributed by atoms with Crippen LogP contribution in [0, 0.1) is 0 Å². The summed E-state index contributed by atoms with van der Waals surface area (Å²) in [7, 11) is 0. The molecule has 20 heavy (non-hydrogen) atoms. The Morgan fingerprint density at radius 3 is 2.85 bits per heavy atom. The monoisotopic (exact) mass is 282 g/mol. The van der Waals surface area contributed by atoms with Crippen molar-refractivity contribution in [3.05, 3.63) is 16.3 Å². The molecule has 2 heterocycles. The van der Waals surface area contributed by atoms with Crippen LogP contribution in [0.4, 0.5) is 0 Å². The van der Waals surface area contributed by atoms with Gasteiger partial charge in [-0.15, -0.1) is 0 Å². The van der Waals surface area contributed by atoms with Crippen molar-refractivity contribution in [2.75, 3.05) is 6.61 Å². The zero-order valence-corrected chi connectivity index (χ0v) is 12.1. The Bertz CT molecular complexity index is 544. The predicted octanol–water partition coefficient (Wildman–Crippen LogP) is -0.342. The third kappa shape index (κ3) is 3.27. The topological polar surface area (TPSA) is 89.2 Å². The molecule has 0 fully saturated rings. The maximum Gasteiger partial charge on any atom is 0.346 e. The van der Waals surface area contributed by atoms with E-state index in [4.69, 9.17) is 5.11 Å². The Labute approximate surface area is 117 Å². The second kappa shape index (κ2) is 5.78. The molecule has 0 bridgehead atoms. The Morgan fingerprint density at radius 1 is 1.40 bits per heavy atom. The summed E-state index contributed by atoms with van der Waals surface area (Å²) in [6.07, 6.45) is 3.89. The number of aromatic nitrogens is 3. The molecule has 0 saturated heterocycles. The number of amides is 1. The van der Waals surface area contributed by atoms with E-state index in [1.54, 1.807) is 18.4 Å². The van der Waals surface area contributed by atoms with Gasteiger partial charge in [-0.1, -0.05) is 6.42 Å². The number of fused-ring (bicyclic) bond motifs is 1. The van der Waals surface area contributed by atoms with E-state index < -0.39 is 5.54 Å². The summed E-state index contributed by atoms with van der Waals surface area (Å²) < 4.78 is 2.88. The molecule has 1 aromatic rings. The highest BCUT2D eigenvalue weighted by molar-refractivity contribution is 5.76. The van der Waals surface area contributed by atoms with Gasteiger partial charge in [0.25, 0.3) is 0 Å². The molecule has 0 spiro atoms. The second-order valence-corrected chi connectivity index (χ2v) is 5.91. The molecule has 2 N–H and O–H groups in total. The zero-order chi connectivity index (χ0) is 14.8. The van der Waals surface area contributed by atoms with Gasteiger partial charge in [0.1, 0.15) is 12.4 Å². The van der Waals surface area contributed by atoms with Crippen molar-refractivity contribution in [1.82, 2.24) is 19.7 Å². The lowest BCUT2D eigenvalue weighted by atomic mass is 10.1. The van der Waals surface area contributed by atoms with Gasteiger partial charge in [0, 0.05) is 13.0 Å². The highest BCUT2D eigenvalue weighted by Gasteiger charge is 2.21. The standard InChI is InChI=1S/C13H22N4O3/c1-13(2,9-18)14-11(19)8-17-12(20)16-7-5-3-4-6-10(16)15-17/h18H,3-9H2,1-2H3,(H,14,19). The minimum absolute atomic E-state index is 0.109. The molecule has 1 aliphatic rings. The molecule has 0 unspecified atom stereocenters. The molecule has 1 aliphatic heterocycles. The summed E-state index contributed by atoms with van der Waals surface area (Å²) >= 11 is 0. The van der Waals surface area contributed by atoms with Crippen LogP contribution >= 0.6 is 0 Å². The van der Waals surface area contributed by atoms with E-state index in [0.29, 0.717) is 6.54 Å². The number of nitrogens with one attached hydrogen (secondary N) is 1. The maximum atomic E-state index is 12.2. The van der Waals surface area contributed by atoms with E-state index in [9.17, 15) is 9.59 Å². The number of aryl methyl sites for hydroxylation is 1. The zero-order valence-electron chi connectivity index (χ0n) is 12.1. The summed E-state index contributed by atoms with van der Waals surface area (Å²) in [4.78, 5) is 24.1. The van der Waals surface area contributed by atoms with Crippen LogP contribution in [0.3, 0.4) is 0 Å². The van der Waals surface area contributed by atoms with Crippen molar-refractivity contribution >= 4 is 5.91 Å². The Balaban J connectivity index is 2.11. The number of aliphatic hydroxyl groups excluding tert-OH is 1. The second-order valence-electron chi connectivity index (χ2n) is 5.91. The third-order valence-corrected chi connectivity index (χ3v) is 3.45. The minimum atomic E-state index is -0.697. The van der Waals surface area contributed by atoms with E-state index in [2.05, 4.69) is 10.4 Å².